The molecule has 1 aromatic carbocycles. The highest BCUT2D eigenvalue weighted by Gasteiger charge is 2.13. The zero-order valence-corrected chi connectivity index (χ0v) is 12.2. The summed E-state index contributed by atoms with van der Waals surface area (Å²) in [6.07, 6.45) is 0. The highest BCUT2D eigenvalue weighted by atomic mass is 79.9. The molecule has 0 unspecified atom stereocenters. The molecule has 1 heterocycles. The summed E-state index contributed by atoms with van der Waals surface area (Å²) in [5.41, 5.74) is 0.254. The Labute approximate surface area is 119 Å². The van der Waals surface area contributed by atoms with Crippen LogP contribution >= 0.6 is 50.6 Å². The van der Waals surface area contributed by atoms with Crippen LogP contribution in [0.25, 0.3) is 0 Å². The van der Waals surface area contributed by atoms with E-state index in [-0.39, 0.29) is 5.56 Å². The molecular weight excluding hydrogens is 346 g/mol. The summed E-state index contributed by atoms with van der Waals surface area (Å²) in [6, 6.07) is 5.01. The Bertz CT molecular complexity index is 573. The third-order valence-electron chi connectivity index (χ3n) is 1.83. The van der Waals surface area contributed by atoms with Gasteiger partial charge in [0.25, 0.3) is 0 Å². The topological polar surface area (TPSA) is 50.2 Å². The zero-order valence-electron chi connectivity index (χ0n) is 8.18. The van der Waals surface area contributed by atoms with E-state index in [1.807, 2.05) is 0 Å². The minimum Gasteiger partial charge on any atom is -0.478 e. The lowest BCUT2D eigenvalue weighted by atomic mass is 10.2. The molecule has 0 aliphatic carbocycles. The monoisotopic (exact) mass is 349 g/mol. The van der Waals surface area contributed by atoms with Crippen LogP contribution in [0, 0.1) is 0 Å². The number of hydrogen-bond donors (Lipinski definition) is 1. The first-order chi connectivity index (χ1) is 8.06. The van der Waals surface area contributed by atoms with Gasteiger partial charge in [0.15, 0.2) is 4.34 Å². The Morgan fingerprint density at radius 3 is 2.88 bits per heavy atom. The normalized spacial score (nSPS) is 10.5. The Morgan fingerprint density at radius 2 is 2.29 bits per heavy atom. The highest BCUT2D eigenvalue weighted by Crippen LogP contribution is 2.35. The molecule has 3 nitrogen and oxygen atoms in total. The molecule has 0 spiro atoms. The van der Waals surface area contributed by atoms with Crippen molar-refractivity contribution in [3.63, 3.8) is 0 Å². The summed E-state index contributed by atoms with van der Waals surface area (Å²) in [6.45, 7) is 0. The third kappa shape index (κ3) is 3.22. The summed E-state index contributed by atoms with van der Waals surface area (Å²) in [4.78, 5) is 15.8. The lowest BCUT2D eigenvalue weighted by Gasteiger charge is -2.03. The molecule has 17 heavy (non-hydrogen) atoms. The van der Waals surface area contributed by atoms with E-state index in [4.69, 9.17) is 16.7 Å². The molecule has 0 amide bonds. The lowest BCUT2D eigenvalue weighted by molar-refractivity contribution is 0.0693. The molecule has 2 rings (SSSR count). The van der Waals surface area contributed by atoms with Crippen LogP contribution in [-0.2, 0) is 0 Å². The second-order valence-corrected chi connectivity index (χ2v) is 6.43. The number of aromatic carboxylic acids is 1. The van der Waals surface area contributed by atoms with E-state index < -0.39 is 5.97 Å². The average molecular weight is 351 g/mol. The largest absolute Gasteiger partial charge is 0.478 e. The Balaban J connectivity index is 2.37. The number of halogens is 2. The van der Waals surface area contributed by atoms with E-state index in [9.17, 15) is 4.79 Å². The fraction of sp³-hybridized carbons (Fsp3) is 0. The number of aromatic nitrogens is 1. The van der Waals surface area contributed by atoms with Gasteiger partial charge in [0, 0.05) is 14.7 Å². The van der Waals surface area contributed by atoms with E-state index in [2.05, 4.69) is 20.9 Å². The van der Waals surface area contributed by atoms with Crippen LogP contribution in [0.4, 0.5) is 0 Å². The molecule has 0 saturated heterocycles. The van der Waals surface area contributed by atoms with Gasteiger partial charge in [0.1, 0.15) is 5.15 Å². The van der Waals surface area contributed by atoms with E-state index in [0.717, 1.165) is 8.81 Å². The molecule has 0 fully saturated rings. The number of carbonyl (C=O) groups is 1. The first kappa shape index (κ1) is 12.9. The minimum atomic E-state index is -0.956. The van der Waals surface area contributed by atoms with Crippen molar-refractivity contribution in [3.8, 4) is 0 Å². The van der Waals surface area contributed by atoms with Crippen molar-refractivity contribution in [1.82, 2.24) is 4.98 Å². The van der Waals surface area contributed by atoms with E-state index in [0.29, 0.717) is 10.0 Å². The molecular formula is C10H5BrClNO2S2. The van der Waals surface area contributed by atoms with Gasteiger partial charge in [0.2, 0.25) is 0 Å². The van der Waals surface area contributed by atoms with Crippen LogP contribution in [0.1, 0.15) is 10.4 Å². The van der Waals surface area contributed by atoms with E-state index in [1.54, 1.807) is 23.6 Å². The van der Waals surface area contributed by atoms with Crippen LogP contribution in [0.5, 0.6) is 0 Å². The molecule has 88 valence electrons. The maximum atomic E-state index is 11.1. The fourth-order valence-corrected chi connectivity index (χ4v) is 3.76. The summed E-state index contributed by atoms with van der Waals surface area (Å²) < 4.78 is 1.54. The molecule has 2 aromatic rings. The van der Waals surface area contributed by atoms with Crippen LogP contribution < -0.4 is 0 Å². The van der Waals surface area contributed by atoms with Gasteiger partial charge in [-0.15, -0.1) is 11.3 Å². The highest BCUT2D eigenvalue weighted by molar-refractivity contribution is 9.10. The molecule has 0 radical (unpaired) electrons. The minimum absolute atomic E-state index is 0.254. The first-order valence-corrected chi connectivity index (χ1v) is 7.24. The number of benzene rings is 1. The summed E-state index contributed by atoms with van der Waals surface area (Å²) in [5.74, 6) is -0.956. The number of carboxylic acid groups (broad SMARTS) is 1. The van der Waals surface area contributed by atoms with Gasteiger partial charge in [-0.05, 0) is 18.2 Å². The maximum Gasteiger partial charge on any atom is 0.336 e. The Kier molecular flexibility index (Phi) is 4.09. The molecule has 7 heteroatoms. The van der Waals surface area contributed by atoms with Crippen LogP contribution in [-0.4, -0.2) is 16.1 Å². The second kappa shape index (κ2) is 5.39. The number of hydrogen-bond acceptors (Lipinski definition) is 4. The van der Waals surface area contributed by atoms with Gasteiger partial charge in [0.05, 0.1) is 5.56 Å². The quantitative estimate of drug-likeness (QED) is 0.891. The predicted molar refractivity (Wildman–Crippen MR) is 72.3 cm³/mol. The molecule has 0 atom stereocenters. The molecule has 0 bridgehead atoms. The fourth-order valence-electron chi connectivity index (χ4n) is 1.14. The number of carboxylic acids is 1. The SMILES string of the molecule is O=C(O)c1ccc(Br)cc1Sc1nc(Cl)cs1. The first-order valence-electron chi connectivity index (χ1n) is 4.38. The van der Waals surface area contributed by atoms with Gasteiger partial charge in [-0.1, -0.05) is 39.3 Å². The van der Waals surface area contributed by atoms with Crippen LogP contribution in [0.15, 0.2) is 37.3 Å². The van der Waals surface area contributed by atoms with Gasteiger partial charge < -0.3 is 5.11 Å². The van der Waals surface area contributed by atoms with E-state index >= 15 is 0 Å². The van der Waals surface area contributed by atoms with Crippen molar-refractivity contribution in [3.05, 3.63) is 38.8 Å². The van der Waals surface area contributed by atoms with Crippen LogP contribution in [0.2, 0.25) is 5.15 Å². The van der Waals surface area contributed by atoms with Gasteiger partial charge in [-0.2, -0.15) is 0 Å². The standard InChI is InChI=1S/C10H5BrClNO2S2/c11-5-1-2-6(9(14)15)7(3-5)17-10-13-8(12)4-16-10/h1-4H,(H,14,15). The summed E-state index contributed by atoms with van der Waals surface area (Å²) in [5, 5.41) is 11.2. The molecule has 0 aliphatic heterocycles. The number of nitrogens with zero attached hydrogens (tertiary/aromatic N) is 1. The third-order valence-corrected chi connectivity index (χ3v) is 4.64. The van der Waals surface area contributed by atoms with Gasteiger partial charge in [-0.3, -0.25) is 0 Å². The summed E-state index contributed by atoms with van der Waals surface area (Å²) >= 11 is 11.7. The maximum absolute atomic E-state index is 11.1. The van der Waals surface area contributed by atoms with Crippen molar-refractivity contribution >= 4 is 56.6 Å². The molecule has 1 aromatic heterocycles. The van der Waals surface area contributed by atoms with Gasteiger partial charge >= 0.3 is 5.97 Å². The molecule has 0 aliphatic rings. The second-order valence-electron chi connectivity index (χ2n) is 2.98. The van der Waals surface area contributed by atoms with Crippen molar-refractivity contribution < 1.29 is 9.90 Å². The molecule has 1 N–H and O–H groups in total. The lowest BCUT2D eigenvalue weighted by Crippen LogP contribution is -1.98. The van der Waals surface area contributed by atoms with Crippen molar-refractivity contribution in [2.75, 3.05) is 0 Å². The Hall–Kier alpha value is -0.560. The van der Waals surface area contributed by atoms with Gasteiger partial charge in [-0.25, -0.2) is 9.78 Å². The van der Waals surface area contributed by atoms with Crippen molar-refractivity contribution in [1.29, 1.82) is 0 Å². The van der Waals surface area contributed by atoms with Crippen molar-refractivity contribution in [2.24, 2.45) is 0 Å². The van der Waals surface area contributed by atoms with E-state index in [1.165, 1.54) is 23.1 Å². The Morgan fingerprint density at radius 1 is 1.53 bits per heavy atom. The smallest absolute Gasteiger partial charge is 0.336 e. The number of rotatable bonds is 3. The zero-order chi connectivity index (χ0) is 12.4. The van der Waals surface area contributed by atoms with Crippen molar-refractivity contribution in [2.45, 2.75) is 9.24 Å². The average Bonchev–Trinajstić information content (AvgIpc) is 2.63. The number of thiazole rings is 1. The molecule has 0 saturated carbocycles. The summed E-state index contributed by atoms with van der Waals surface area (Å²) in [7, 11) is 0. The predicted octanol–water partition coefficient (Wildman–Crippen LogP) is 4.41. The van der Waals surface area contributed by atoms with Crippen LogP contribution in [0.3, 0.4) is 0 Å².